The molecule has 0 radical (unpaired) electrons. The molecule has 1 aromatic rings. The molecule has 0 spiro atoms. The van der Waals surface area contributed by atoms with E-state index in [9.17, 15) is 22.4 Å². The number of ether oxygens (including phenoxy) is 1. The molecular formula is C13H14F4O2. The van der Waals surface area contributed by atoms with Crippen molar-refractivity contribution in [2.45, 2.75) is 39.0 Å². The van der Waals surface area contributed by atoms with E-state index >= 15 is 0 Å². The van der Waals surface area contributed by atoms with Gasteiger partial charge in [0.2, 0.25) is 0 Å². The summed E-state index contributed by atoms with van der Waals surface area (Å²) in [5, 5.41) is 0. The highest BCUT2D eigenvalue weighted by atomic mass is 19.4. The van der Waals surface area contributed by atoms with Gasteiger partial charge in [0.25, 0.3) is 0 Å². The third kappa shape index (κ3) is 5.28. The van der Waals surface area contributed by atoms with E-state index in [0.717, 1.165) is 18.6 Å². The summed E-state index contributed by atoms with van der Waals surface area (Å²) >= 11 is 0. The number of hydrogen-bond acceptors (Lipinski definition) is 2. The predicted molar refractivity (Wildman–Crippen MR) is 60.7 cm³/mol. The van der Waals surface area contributed by atoms with Crippen molar-refractivity contribution in [3.63, 3.8) is 0 Å². The number of rotatable bonds is 5. The first-order valence-corrected chi connectivity index (χ1v) is 5.85. The van der Waals surface area contributed by atoms with Crippen LogP contribution in [0.1, 0.15) is 37.3 Å². The standard InChI is InChI=1S/C13H14F4O2/c1-2-3-4-12(18)19-8-9-5-10(13(15,16)17)7-11(14)6-9/h5-7H,2-4,8H2,1H3. The number of halogens is 4. The van der Waals surface area contributed by atoms with Crippen molar-refractivity contribution in [1.29, 1.82) is 0 Å². The van der Waals surface area contributed by atoms with Gasteiger partial charge in [-0.1, -0.05) is 13.3 Å². The highest BCUT2D eigenvalue weighted by molar-refractivity contribution is 5.69. The topological polar surface area (TPSA) is 26.3 Å². The fourth-order valence-corrected chi connectivity index (χ4v) is 1.45. The van der Waals surface area contributed by atoms with Gasteiger partial charge in [0, 0.05) is 6.42 Å². The average molecular weight is 278 g/mol. The quantitative estimate of drug-likeness (QED) is 0.599. The molecule has 0 N–H and O–H groups in total. The zero-order chi connectivity index (χ0) is 14.5. The minimum atomic E-state index is -4.62. The van der Waals surface area contributed by atoms with Crippen LogP contribution in [-0.4, -0.2) is 5.97 Å². The lowest BCUT2D eigenvalue weighted by Gasteiger charge is -2.10. The zero-order valence-corrected chi connectivity index (χ0v) is 10.4. The maximum absolute atomic E-state index is 13.0. The summed E-state index contributed by atoms with van der Waals surface area (Å²) in [4.78, 5) is 11.2. The van der Waals surface area contributed by atoms with Crippen LogP contribution in [-0.2, 0) is 22.3 Å². The Bertz CT molecular complexity index is 441. The first-order chi connectivity index (χ1) is 8.82. The molecule has 0 saturated carbocycles. The van der Waals surface area contributed by atoms with Gasteiger partial charge in [0.15, 0.2) is 0 Å². The van der Waals surface area contributed by atoms with Crippen molar-refractivity contribution in [2.24, 2.45) is 0 Å². The van der Waals surface area contributed by atoms with Gasteiger partial charge in [0.1, 0.15) is 12.4 Å². The zero-order valence-electron chi connectivity index (χ0n) is 10.4. The molecule has 0 heterocycles. The van der Waals surface area contributed by atoms with E-state index < -0.39 is 23.5 Å². The van der Waals surface area contributed by atoms with Crippen molar-refractivity contribution < 1.29 is 27.1 Å². The van der Waals surface area contributed by atoms with Crippen LogP contribution in [0.15, 0.2) is 18.2 Å². The minimum Gasteiger partial charge on any atom is -0.461 e. The second-order valence-electron chi connectivity index (χ2n) is 4.11. The van der Waals surface area contributed by atoms with E-state index in [1.54, 1.807) is 0 Å². The summed E-state index contributed by atoms with van der Waals surface area (Å²) in [5.41, 5.74) is -1.11. The lowest BCUT2D eigenvalue weighted by Crippen LogP contribution is -2.08. The largest absolute Gasteiger partial charge is 0.461 e. The molecule has 106 valence electrons. The number of esters is 1. The molecule has 0 unspecified atom stereocenters. The summed E-state index contributed by atoms with van der Waals surface area (Å²) in [7, 11) is 0. The molecule has 0 aliphatic heterocycles. The van der Waals surface area contributed by atoms with E-state index in [4.69, 9.17) is 4.74 Å². The maximum atomic E-state index is 13.0. The minimum absolute atomic E-state index is 0.0165. The molecule has 0 bridgehead atoms. The Kier molecular flexibility index (Phi) is 5.32. The molecule has 0 aliphatic rings. The Morgan fingerprint density at radius 2 is 1.95 bits per heavy atom. The molecule has 0 aromatic heterocycles. The number of carbonyl (C=O) groups is 1. The van der Waals surface area contributed by atoms with Crippen LogP contribution in [0.4, 0.5) is 17.6 Å². The van der Waals surface area contributed by atoms with Crippen molar-refractivity contribution in [3.8, 4) is 0 Å². The van der Waals surface area contributed by atoms with Crippen molar-refractivity contribution in [2.75, 3.05) is 0 Å². The van der Waals surface area contributed by atoms with E-state index in [-0.39, 0.29) is 18.6 Å². The summed E-state index contributed by atoms with van der Waals surface area (Å²) < 4.78 is 55.1. The lowest BCUT2D eigenvalue weighted by molar-refractivity contribution is -0.145. The third-order valence-electron chi connectivity index (χ3n) is 2.42. The Hall–Kier alpha value is -1.59. The Morgan fingerprint density at radius 1 is 1.26 bits per heavy atom. The molecule has 19 heavy (non-hydrogen) atoms. The predicted octanol–water partition coefficient (Wildman–Crippen LogP) is 4.08. The molecule has 6 heteroatoms. The van der Waals surface area contributed by atoms with Crippen molar-refractivity contribution in [1.82, 2.24) is 0 Å². The van der Waals surface area contributed by atoms with E-state index in [0.29, 0.717) is 12.5 Å². The van der Waals surface area contributed by atoms with Crippen LogP contribution in [0.2, 0.25) is 0 Å². The van der Waals surface area contributed by atoms with Crippen LogP contribution >= 0.6 is 0 Å². The third-order valence-corrected chi connectivity index (χ3v) is 2.42. The Morgan fingerprint density at radius 3 is 2.53 bits per heavy atom. The van der Waals surface area contributed by atoms with E-state index in [1.807, 2.05) is 6.92 Å². The summed E-state index contributed by atoms with van der Waals surface area (Å²) in [6, 6.07) is 2.10. The van der Waals surface area contributed by atoms with Crippen molar-refractivity contribution >= 4 is 5.97 Å². The smallest absolute Gasteiger partial charge is 0.416 e. The number of carbonyl (C=O) groups excluding carboxylic acids is 1. The highest BCUT2D eigenvalue weighted by Gasteiger charge is 2.31. The molecule has 0 amide bonds. The van der Waals surface area contributed by atoms with Gasteiger partial charge in [-0.2, -0.15) is 13.2 Å². The Labute approximate surface area is 108 Å². The van der Waals surface area contributed by atoms with Crippen LogP contribution in [0, 0.1) is 5.82 Å². The molecule has 1 rings (SSSR count). The van der Waals surface area contributed by atoms with Crippen LogP contribution in [0.5, 0.6) is 0 Å². The second kappa shape index (κ2) is 6.54. The van der Waals surface area contributed by atoms with Crippen LogP contribution < -0.4 is 0 Å². The first-order valence-electron chi connectivity index (χ1n) is 5.85. The van der Waals surface area contributed by atoms with Gasteiger partial charge in [0.05, 0.1) is 5.56 Å². The van der Waals surface area contributed by atoms with Crippen LogP contribution in [0.25, 0.3) is 0 Å². The molecule has 0 aliphatic carbocycles. The van der Waals surface area contributed by atoms with Crippen molar-refractivity contribution in [3.05, 3.63) is 35.1 Å². The second-order valence-corrected chi connectivity index (χ2v) is 4.11. The molecular weight excluding hydrogens is 264 g/mol. The first kappa shape index (κ1) is 15.5. The molecule has 0 saturated heterocycles. The summed E-state index contributed by atoms with van der Waals surface area (Å²) in [5.74, 6) is -1.51. The number of hydrogen-bond donors (Lipinski definition) is 0. The van der Waals surface area contributed by atoms with Gasteiger partial charge in [-0.15, -0.1) is 0 Å². The number of benzene rings is 1. The molecule has 0 fully saturated rings. The number of alkyl halides is 3. The van der Waals surface area contributed by atoms with Gasteiger partial charge < -0.3 is 4.74 Å². The van der Waals surface area contributed by atoms with E-state index in [1.165, 1.54) is 0 Å². The normalized spacial score (nSPS) is 11.4. The summed E-state index contributed by atoms with van der Waals surface area (Å²) in [6.45, 7) is 1.54. The van der Waals surface area contributed by atoms with Crippen LogP contribution in [0.3, 0.4) is 0 Å². The fourth-order valence-electron chi connectivity index (χ4n) is 1.45. The lowest BCUT2D eigenvalue weighted by atomic mass is 10.1. The number of unbranched alkanes of at least 4 members (excludes halogenated alkanes) is 1. The van der Waals surface area contributed by atoms with Gasteiger partial charge in [-0.3, -0.25) is 4.79 Å². The Balaban J connectivity index is 2.69. The van der Waals surface area contributed by atoms with Gasteiger partial charge >= 0.3 is 12.1 Å². The van der Waals surface area contributed by atoms with E-state index in [2.05, 4.69) is 0 Å². The molecule has 1 aromatic carbocycles. The highest BCUT2D eigenvalue weighted by Crippen LogP contribution is 2.30. The maximum Gasteiger partial charge on any atom is 0.416 e. The molecule has 0 atom stereocenters. The fraction of sp³-hybridized carbons (Fsp3) is 0.462. The van der Waals surface area contributed by atoms with Gasteiger partial charge in [-0.05, 0) is 30.2 Å². The monoisotopic (exact) mass is 278 g/mol. The van der Waals surface area contributed by atoms with Gasteiger partial charge in [-0.25, -0.2) is 4.39 Å². The average Bonchev–Trinajstić information content (AvgIpc) is 2.32. The SMILES string of the molecule is CCCCC(=O)OCc1cc(F)cc(C(F)(F)F)c1. The molecule has 2 nitrogen and oxygen atoms in total. The summed E-state index contributed by atoms with van der Waals surface area (Å²) in [6.07, 6.45) is -2.95.